The van der Waals surface area contributed by atoms with E-state index in [2.05, 4.69) is 0 Å². The van der Waals surface area contributed by atoms with E-state index < -0.39 is 11.5 Å². The minimum Gasteiger partial charge on any atom is -0.504 e. The van der Waals surface area contributed by atoms with E-state index in [-0.39, 0.29) is 30.6 Å². The van der Waals surface area contributed by atoms with Crippen LogP contribution in [-0.2, 0) is 25.6 Å². The van der Waals surface area contributed by atoms with Crippen molar-refractivity contribution in [2.75, 3.05) is 40.0 Å². The van der Waals surface area contributed by atoms with Crippen LogP contribution in [0.3, 0.4) is 0 Å². The molecule has 0 aliphatic carbocycles. The van der Waals surface area contributed by atoms with Crippen molar-refractivity contribution in [3.8, 4) is 11.5 Å². The van der Waals surface area contributed by atoms with E-state index in [1.807, 2.05) is 0 Å². The Hall–Kier alpha value is -3.11. The Labute approximate surface area is 182 Å². The molecule has 0 spiro atoms. The summed E-state index contributed by atoms with van der Waals surface area (Å²) in [4.78, 5) is 39.4. The second kappa shape index (κ2) is 10.3. The molecule has 0 saturated carbocycles. The highest BCUT2D eigenvalue weighted by atomic mass is 32.1. The minimum atomic E-state index is -0.589. The third kappa shape index (κ3) is 5.53. The smallest absolute Gasteiger partial charge is 0.333 e. The molecule has 3 rings (SSSR count). The van der Waals surface area contributed by atoms with Crippen LogP contribution in [-0.4, -0.2) is 66.5 Å². The van der Waals surface area contributed by atoms with Gasteiger partial charge in [-0.3, -0.25) is 14.2 Å². The lowest BCUT2D eigenvalue weighted by atomic mass is 10.2. The van der Waals surface area contributed by atoms with Gasteiger partial charge in [0.15, 0.2) is 11.5 Å². The number of morpholine rings is 1. The van der Waals surface area contributed by atoms with Crippen LogP contribution < -0.4 is 19.5 Å². The molecule has 1 amide bonds. The lowest BCUT2D eigenvalue weighted by molar-refractivity contribution is -0.136. The fourth-order valence-corrected chi connectivity index (χ4v) is 4.09. The Kier molecular flexibility index (Phi) is 7.48. The van der Waals surface area contributed by atoms with Crippen LogP contribution in [0, 0.1) is 0 Å². The predicted molar refractivity (Wildman–Crippen MR) is 115 cm³/mol. The van der Waals surface area contributed by atoms with E-state index in [4.69, 9.17) is 14.2 Å². The number of rotatable bonds is 6. The number of benzene rings is 1. The molecule has 2 heterocycles. The molecule has 0 radical (unpaired) electrons. The molecule has 1 saturated heterocycles. The van der Waals surface area contributed by atoms with Gasteiger partial charge in [-0.1, -0.05) is 6.07 Å². The summed E-state index contributed by atoms with van der Waals surface area (Å²) in [6.45, 7) is 3.52. The highest BCUT2D eigenvalue weighted by Gasteiger charge is 2.19. The Morgan fingerprint density at radius 2 is 2.03 bits per heavy atom. The first-order chi connectivity index (χ1) is 14.9. The number of thiazole rings is 1. The second-order valence-corrected chi connectivity index (χ2v) is 7.72. The summed E-state index contributed by atoms with van der Waals surface area (Å²) in [5.41, 5.74) is 0.233. The number of phenols is 1. The predicted octanol–water partition coefficient (Wildman–Crippen LogP) is -0.345. The van der Waals surface area contributed by atoms with Gasteiger partial charge in [0.05, 0.1) is 37.5 Å². The minimum absolute atomic E-state index is 0.0179. The monoisotopic (exact) mass is 448 g/mol. The SMILES string of the molecule is CCOC(=O)C=c1sc(=Cc2ccc(O)c(OC)c2)c(=O)n1CC(=O)N1CCOCC1. The van der Waals surface area contributed by atoms with E-state index in [1.165, 1.54) is 23.8 Å². The number of methoxy groups -OCH3 is 1. The quantitative estimate of drug-likeness (QED) is 0.602. The van der Waals surface area contributed by atoms with Gasteiger partial charge in [-0.2, -0.15) is 0 Å². The molecule has 1 aliphatic rings. The number of ether oxygens (including phenoxy) is 3. The maximum absolute atomic E-state index is 13.1. The van der Waals surface area contributed by atoms with Gasteiger partial charge in [0, 0.05) is 13.1 Å². The summed E-state index contributed by atoms with van der Waals surface area (Å²) in [5.74, 6) is -0.559. The van der Waals surface area contributed by atoms with Crippen LogP contribution in [0.5, 0.6) is 11.5 Å². The third-order valence-corrected chi connectivity index (χ3v) is 5.68. The summed E-state index contributed by atoms with van der Waals surface area (Å²) in [6, 6.07) is 4.69. The molecule has 10 heteroatoms. The first-order valence-corrected chi connectivity index (χ1v) is 10.6. The van der Waals surface area contributed by atoms with Crippen LogP contribution >= 0.6 is 11.3 Å². The van der Waals surface area contributed by atoms with Gasteiger partial charge in [-0.15, -0.1) is 11.3 Å². The topological polar surface area (TPSA) is 107 Å². The van der Waals surface area contributed by atoms with E-state index in [1.54, 1.807) is 30.0 Å². The first kappa shape index (κ1) is 22.6. The highest BCUT2D eigenvalue weighted by molar-refractivity contribution is 7.07. The Bertz CT molecular complexity index is 1130. The number of aromatic hydroxyl groups is 1. The van der Waals surface area contributed by atoms with E-state index in [0.29, 0.717) is 41.1 Å². The Balaban J connectivity index is 2.04. The fraction of sp³-hybridized carbons (Fsp3) is 0.381. The molecular weight excluding hydrogens is 424 g/mol. The molecule has 1 N–H and O–H groups in total. The molecule has 0 atom stereocenters. The molecule has 31 heavy (non-hydrogen) atoms. The number of carbonyl (C=O) groups excluding carboxylic acids is 2. The number of amides is 1. The summed E-state index contributed by atoms with van der Waals surface area (Å²) >= 11 is 1.08. The van der Waals surface area contributed by atoms with Crippen molar-refractivity contribution in [1.82, 2.24) is 9.47 Å². The molecule has 1 aromatic carbocycles. The zero-order valence-corrected chi connectivity index (χ0v) is 18.1. The summed E-state index contributed by atoms with van der Waals surface area (Å²) < 4.78 is 17.3. The lowest BCUT2D eigenvalue weighted by Crippen LogP contribution is -2.45. The van der Waals surface area contributed by atoms with E-state index >= 15 is 0 Å². The van der Waals surface area contributed by atoms with Crippen LogP contribution in [0.2, 0.25) is 0 Å². The zero-order chi connectivity index (χ0) is 22.4. The van der Waals surface area contributed by atoms with E-state index in [9.17, 15) is 19.5 Å². The largest absolute Gasteiger partial charge is 0.504 e. The Morgan fingerprint density at radius 3 is 2.71 bits per heavy atom. The van der Waals surface area contributed by atoms with Gasteiger partial charge in [-0.25, -0.2) is 4.79 Å². The number of phenolic OH excluding ortho intramolecular Hbond substituents is 1. The average molecular weight is 448 g/mol. The molecule has 2 aromatic rings. The second-order valence-electron chi connectivity index (χ2n) is 6.66. The van der Waals surface area contributed by atoms with Crippen molar-refractivity contribution in [2.24, 2.45) is 0 Å². The summed E-state index contributed by atoms with van der Waals surface area (Å²) in [6.07, 6.45) is 2.84. The molecular formula is C21H24N2O7S. The first-order valence-electron chi connectivity index (χ1n) is 9.75. The molecule has 166 valence electrons. The molecule has 1 aromatic heterocycles. The van der Waals surface area contributed by atoms with Crippen molar-refractivity contribution >= 4 is 35.4 Å². The number of hydrogen-bond acceptors (Lipinski definition) is 8. The number of carbonyl (C=O) groups is 2. The number of aromatic nitrogens is 1. The Morgan fingerprint density at radius 1 is 1.29 bits per heavy atom. The van der Waals surface area contributed by atoms with Gasteiger partial charge in [0.2, 0.25) is 5.91 Å². The van der Waals surface area contributed by atoms with E-state index in [0.717, 1.165) is 11.3 Å². The van der Waals surface area contributed by atoms with Crippen molar-refractivity contribution in [2.45, 2.75) is 13.5 Å². The lowest BCUT2D eigenvalue weighted by Gasteiger charge is -2.26. The van der Waals surface area contributed by atoms with Crippen LogP contribution in [0.25, 0.3) is 12.2 Å². The van der Waals surface area contributed by atoms with Gasteiger partial charge in [0.1, 0.15) is 11.2 Å². The van der Waals surface area contributed by atoms with Crippen LogP contribution in [0.4, 0.5) is 0 Å². The number of esters is 1. The maximum Gasteiger partial charge on any atom is 0.333 e. The number of hydrogen-bond donors (Lipinski definition) is 1. The third-order valence-electron chi connectivity index (χ3n) is 4.62. The van der Waals surface area contributed by atoms with Crippen molar-refractivity contribution in [3.05, 3.63) is 43.3 Å². The molecule has 0 bridgehead atoms. The normalized spacial score (nSPS) is 15.2. The van der Waals surface area contributed by atoms with Crippen molar-refractivity contribution in [1.29, 1.82) is 0 Å². The maximum atomic E-state index is 13.1. The number of nitrogens with zero attached hydrogens (tertiary/aromatic N) is 2. The van der Waals surface area contributed by atoms with Gasteiger partial charge < -0.3 is 24.2 Å². The van der Waals surface area contributed by atoms with Gasteiger partial charge in [0.25, 0.3) is 5.56 Å². The fourth-order valence-electron chi connectivity index (χ4n) is 3.06. The zero-order valence-electron chi connectivity index (χ0n) is 17.3. The highest BCUT2D eigenvalue weighted by Crippen LogP contribution is 2.26. The van der Waals surface area contributed by atoms with Gasteiger partial charge >= 0.3 is 5.97 Å². The standard InChI is InChI=1S/C21H24N2O7S/c1-3-30-20(26)12-19-23(13-18(25)22-6-8-29-9-7-22)21(27)17(31-19)11-14-4-5-15(24)16(10-14)28-2/h4-5,10-12,24H,3,6-9,13H2,1-2H3. The molecule has 1 fully saturated rings. The van der Waals surface area contributed by atoms with Crippen molar-refractivity contribution < 1.29 is 28.9 Å². The average Bonchev–Trinajstić information content (AvgIpc) is 3.04. The molecule has 9 nitrogen and oxygen atoms in total. The van der Waals surface area contributed by atoms with Crippen LogP contribution in [0.1, 0.15) is 12.5 Å². The summed E-state index contributed by atoms with van der Waals surface area (Å²) in [7, 11) is 1.43. The summed E-state index contributed by atoms with van der Waals surface area (Å²) in [5, 5.41) is 9.77. The van der Waals surface area contributed by atoms with Crippen molar-refractivity contribution in [3.63, 3.8) is 0 Å². The van der Waals surface area contributed by atoms with Crippen LogP contribution in [0.15, 0.2) is 23.0 Å². The molecule has 0 unspecified atom stereocenters. The molecule has 1 aliphatic heterocycles. The van der Waals surface area contributed by atoms with Gasteiger partial charge in [-0.05, 0) is 30.7 Å².